The van der Waals surface area contributed by atoms with Gasteiger partial charge in [-0.25, -0.2) is 0 Å². The van der Waals surface area contributed by atoms with Crippen LogP contribution in [0, 0.1) is 0 Å². The van der Waals surface area contributed by atoms with Crippen molar-refractivity contribution in [2.75, 3.05) is 20.8 Å². The van der Waals surface area contributed by atoms with Gasteiger partial charge in [0.2, 0.25) is 0 Å². The number of hydrogen-bond donors (Lipinski definition) is 2. The van der Waals surface area contributed by atoms with Crippen LogP contribution in [0.5, 0.6) is 17.2 Å². The largest absolute Gasteiger partial charge is 0.493 e. The van der Waals surface area contributed by atoms with Gasteiger partial charge in [0.05, 0.1) is 14.2 Å². The van der Waals surface area contributed by atoms with Gasteiger partial charge in [-0.15, -0.1) is 0 Å². The molecule has 1 heterocycles. The lowest BCUT2D eigenvalue weighted by Gasteiger charge is -2.10. The number of aromatic nitrogens is 1. The maximum Gasteiger partial charge on any atom is 0.251 e. The number of fused-ring (bicyclic) bond motifs is 1. The van der Waals surface area contributed by atoms with Gasteiger partial charge in [-0.05, 0) is 47.9 Å². The van der Waals surface area contributed by atoms with Crippen LogP contribution in [0.2, 0.25) is 0 Å². The zero-order valence-electron chi connectivity index (χ0n) is 18.2. The van der Waals surface area contributed by atoms with Crippen molar-refractivity contribution < 1.29 is 19.0 Å². The zero-order valence-corrected chi connectivity index (χ0v) is 18.2. The fourth-order valence-electron chi connectivity index (χ4n) is 3.59. The molecule has 4 aromatic rings. The van der Waals surface area contributed by atoms with E-state index >= 15 is 0 Å². The van der Waals surface area contributed by atoms with Crippen LogP contribution in [0.15, 0.2) is 72.9 Å². The van der Waals surface area contributed by atoms with Gasteiger partial charge in [0.25, 0.3) is 5.91 Å². The Morgan fingerprint density at radius 3 is 2.53 bits per heavy atom. The highest BCUT2D eigenvalue weighted by Gasteiger charge is 2.11. The zero-order chi connectivity index (χ0) is 22.3. The standard InChI is InChI=1S/C26H26N2O4/c1-30-24-11-8-19(14-25(24)31-2)26(29)27-13-12-20-16-28-23-15-21(9-10-22(20)23)32-17-18-6-4-3-5-7-18/h3-11,14-16,28H,12-13,17H2,1-2H3,(H,27,29). The van der Waals surface area contributed by atoms with Crippen LogP contribution < -0.4 is 19.5 Å². The molecule has 3 aromatic carbocycles. The normalized spacial score (nSPS) is 10.7. The van der Waals surface area contributed by atoms with Crippen molar-refractivity contribution in [3.63, 3.8) is 0 Å². The van der Waals surface area contributed by atoms with Crippen LogP contribution in [-0.4, -0.2) is 31.7 Å². The highest BCUT2D eigenvalue weighted by Crippen LogP contribution is 2.27. The van der Waals surface area contributed by atoms with Crippen molar-refractivity contribution >= 4 is 16.8 Å². The number of aromatic amines is 1. The summed E-state index contributed by atoms with van der Waals surface area (Å²) in [6.07, 6.45) is 2.69. The van der Waals surface area contributed by atoms with E-state index in [-0.39, 0.29) is 5.91 Å². The molecule has 0 radical (unpaired) electrons. The molecule has 0 saturated carbocycles. The first-order valence-corrected chi connectivity index (χ1v) is 10.4. The first-order valence-electron chi connectivity index (χ1n) is 10.4. The molecule has 0 saturated heterocycles. The molecule has 0 fully saturated rings. The minimum Gasteiger partial charge on any atom is -0.493 e. The maximum absolute atomic E-state index is 12.5. The highest BCUT2D eigenvalue weighted by atomic mass is 16.5. The van der Waals surface area contributed by atoms with E-state index in [1.165, 1.54) is 0 Å². The fourth-order valence-corrected chi connectivity index (χ4v) is 3.59. The number of ether oxygens (including phenoxy) is 3. The summed E-state index contributed by atoms with van der Waals surface area (Å²) in [4.78, 5) is 15.8. The molecule has 6 heteroatoms. The number of nitrogens with one attached hydrogen (secondary N) is 2. The summed E-state index contributed by atoms with van der Waals surface area (Å²) >= 11 is 0. The van der Waals surface area contributed by atoms with E-state index in [1.807, 2.05) is 48.7 Å². The number of benzene rings is 3. The summed E-state index contributed by atoms with van der Waals surface area (Å²) in [5.41, 5.74) is 3.81. The number of carbonyl (C=O) groups is 1. The first-order chi connectivity index (χ1) is 15.7. The maximum atomic E-state index is 12.5. The molecule has 32 heavy (non-hydrogen) atoms. The minimum absolute atomic E-state index is 0.151. The van der Waals surface area contributed by atoms with Gasteiger partial charge in [-0.3, -0.25) is 4.79 Å². The number of carbonyl (C=O) groups excluding carboxylic acids is 1. The molecular formula is C26H26N2O4. The van der Waals surface area contributed by atoms with E-state index in [0.717, 1.165) is 27.8 Å². The van der Waals surface area contributed by atoms with Gasteiger partial charge >= 0.3 is 0 Å². The lowest BCUT2D eigenvalue weighted by Crippen LogP contribution is -2.25. The number of H-pyrrole nitrogens is 1. The Labute approximate surface area is 187 Å². The Hall–Kier alpha value is -3.93. The number of amides is 1. The summed E-state index contributed by atoms with van der Waals surface area (Å²) in [6.45, 7) is 1.05. The molecule has 0 aliphatic heterocycles. The van der Waals surface area contributed by atoms with Crippen LogP contribution in [0.25, 0.3) is 10.9 Å². The molecule has 1 aromatic heterocycles. The van der Waals surface area contributed by atoms with Crippen molar-refractivity contribution in [2.24, 2.45) is 0 Å². The smallest absolute Gasteiger partial charge is 0.251 e. The Bertz CT molecular complexity index is 1200. The van der Waals surface area contributed by atoms with E-state index in [4.69, 9.17) is 14.2 Å². The van der Waals surface area contributed by atoms with E-state index in [2.05, 4.69) is 16.4 Å². The van der Waals surface area contributed by atoms with Crippen molar-refractivity contribution in [3.05, 3.63) is 89.6 Å². The summed E-state index contributed by atoms with van der Waals surface area (Å²) in [6, 6.07) is 21.2. The second kappa shape index (κ2) is 9.92. The monoisotopic (exact) mass is 430 g/mol. The molecule has 4 rings (SSSR count). The highest BCUT2D eigenvalue weighted by molar-refractivity contribution is 5.95. The van der Waals surface area contributed by atoms with Crippen LogP contribution in [0.1, 0.15) is 21.5 Å². The Kier molecular flexibility index (Phi) is 6.60. The van der Waals surface area contributed by atoms with Gasteiger partial charge in [-0.1, -0.05) is 30.3 Å². The van der Waals surface area contributed by atoms with Crippen LogP contribution in [0.4, 0.5) is 0 Å². The molecule has 0 spiro atoms. The van der Waals surface area contributed by atoms with Crippen molar-refractivity contribution in [1.82, 2.24) is 10.3 Å². The molecule has 0 bridgehead atoms. The molecule has 1 amide bonds. The first kappa shape index (κ1) is 21.3. The predicted molar refractivity (Wildman–Crippen MR) is 125 cm³/mol. The third-order valence-corrected chi connectivity index (χ3v) is 5.31. The Morgan fingerprint density at radius 2 is 1.75 bits per heavy atom. The molecular weight excluding hydrogens is 404 g/mol. The third-order valence-electron chi connectivity index (χ3n) is 5.31. The van der Waals surface area contributed by atoms with Gasteiger partial charge in [-0.2, -0.15) is 0 Å². The molecule has 6 nitrogen and oxygen atoms in total. The summed E-state index contributed by atoms with van der Waals surface area (Å²) in [5, 5.41) is 4.09. The summed E-state index contributed by atoms with van der Waals surface area (Å²) < 4.78 is 16.4. The van der Waals surface area contributed by atoms with Gasteiger partial charge in [0, 0.05) is 35.3 Å². The van der Waals surface area contributed by atoms with E-state index in [0.29, 0.717) is 36.6 Å². The number of rotatable bonds is 9. The molecule has 0 aliphatic rings. The minimum atomic E-state index is -0.151. The molecule has 0 unspecified atom stereocenters. The van der Waals surface area contributed by atoms with Crippen molar-refractivity contribution in [2.45, 2.75) is 13.0 Å². The summed E-state index contributed by atoms with van der Waals surface area (Å²) in [7, 11) is 3.12. The lowest BCUT2D eigenvalue weighted by molar-refractivity contribution is 0.0953. The Morgan fingerprint density at radius 1 is 0.938 bits per heavy atom. The topological polar surface area (TPSA) is 72.6 Å². The van der Waals surface area contributed by atoms with Crippen molar-refractivity contribution in [3.8, 4) is 17.2 Å². The quantitative estimate of drug-likeness (QED) is 0.402. The second-order valence-electron chi connectivity index (χ2n) is 7.37. The van der Waals surface area contributed by atoms with E-state index in [1.54, 1.807) is 32.4 Å². The van der Waals surface area contributed by atoms with E-state index < -0.39 is 0 Å². The predicted octanol–water partition coefficient (Wildman–Crippen LogP) is 4.74. The van der Waals surface area contributed by atoms with Gasteiger partial charge in [0.15, 0.2) is 11.5 Å². The van der Waals surface area contributed by atoms with Gasteiger partial charge < -0.3 is 24.5 Å². The average molecular weight is 431 g/mol. The third kappa shape index (κ3) is 4.86. The van der Waals surface area contributed by atoms with Crippen LogP contribution in [-0.2, 0) is 13.0 Å². The fraction of sp³-hybridized carbons (Fsp3) is 0.192. The molecule has 164 valence electrons. The number of hydrogen-bond acceptors (Lipinski definition) is 4. The van der Waals surface area contributed by atoms with Crippen LogP contribution in [0.3, 0.4) is 0 Å². The molecule has 2 N–H and O–H groups in total. The molecule has 0 aliphatic carbocycles. The second-order valence-corrected chi connectivity index (χ2v) is 7.37. The van der Waals surface area contributed by atoms with E-state index in [9.17, 15) is 4.79 Å². The Balaban J connectivity index is 1.35. The lowest BCUT2D eigenvalue weighted by atomic mass is 10.1. The summed E-state index contributed by atoms with van der Waals surface area (Å²) in [5.74, 6) is 1.79. The van der Waals surface area contributed by atoms with Crippen LogP contribution >= 0.6 is 0 Å². The molecule has 0 atom stereocenters. The number of methoxy groups -OCH3 is 2. The SMILES string of the molecule is COc1ccc(C(=O)NCCc2c[nH]c3cc(OCc4ccccc4)ccc23)cc1OC. The van der Waals surface area contributed by atoms with Gasteiger partial charge in [0.1, 0.15) is 12.4 Å². The average Bonchev–Trinajstić information content (AvgIpc) is 3.25. The van der Waals surface area contributed by atoms with Crippen molar-refractivity contribution in [1.29, 1.82) is 0 Å².